The van der Waals surface area contributed by atoms with E-state index in [1.54, 1.807) is 0 Å². The Hall–Kier alpha value is -0.694. The SMILES string of the molecule is CC12CC3(C)CC(C)(C1)CC([NH-])(C2)C3.CC1=[C-]C(C)C(C)=C1C.[CH3][GeH][CH3].[Zr+2].c1ccc(-c2ccccc2)cc1. The van der Waals surface area contributed by atoms with Crippen molar-refractivity contribution >= 4 is 15.4 Å². The predicted octanol–water partition coefficient (Wildman–Crippen LogP) is 10.8. The summed E-state index contributed by atoms with van der Waals surface area (Å²) in [6, 6.07) is 20.8. The Kier molecular flexibility index (Phi) is 12.4. The summed E-state index contributed by atoms with van der Waals surface area (Å²) in [4.78, 5) is 0. The molecule has 0 amide bonds. The first-order valence-corrected chi connectivity index (χ1v) is 19.5. The van der Waals surface area contributed by atoms with Crippen LogP contribution >= 0.6 is 0 Å². The van der Waals surface area contributed by atoms with Gasteiger partial charge in [-0.05, 0) is 46.6 Å². The zero-order chi connectivity index (χ0) is 28.2. The van der Waals surface area contributed by atoms with E-state index in [1.807, 2.05) is 12.1 Å². The first kappa shape index (κ1) is 34.5. The first-order chi connectivity index (χ1) is 17.7. The Morgan fingerprint density at radius 2 is 1.03 bits per heavy atom. The van der Waals surface area contributed by atoms with Gasteiger partial charge < -0.3 is 5.73 Å². The van der Waals surface area contributed by atoms with Gasteiger partial charge in [0.1, 0.15) is 0 Å². The molecule has 4 fully saturated rings. The summed E-state index contributed by atoms with van der Waals surface area (Å²) in [6.45, 7) is 16.0. The molecule has 0 saturated heterocycles. The minimum absolute atomic E-state index is 0. The summed E-state index contributed by atoms with van der Waals surface area (Å²) in [5, 5.41) is 0. The largest absolute Gasteiger partial charge is 2.00 e. The Labute approximate surface area is 266 Å². The molecule has 0 aromatic heterocycles. The first-order valence-electron chi connectivity index (χ1n) is 14.6. The van der Waals surface area contributed by atoms with Crippen molar-refractivity contribution in [1.29, 1.82) is 0 Å². The Morgan fingerprint density at radius 1 is 0.692 bits per heavy atom. The molecule has 5 aliphatic rings. The molecule has 1 atom stereocenters. The standard InChI is InChI=1S/C13H22N.C12H10.C9H13.C2H7Ge.Zr/c1-10-4-11(2)6-12(3,5-10)9-13(14,7-10)8-11;1-3-7-11(8-4-1)12-9-5-2-6-10-12;1-6-5-7(2)9(4)8(6)3;1-3-2;/h14H,4-9H2,1-3H3;1-10H;6H,1-4H3;3H,1-2H3;/q-1;;-1;;+2. The number of benzene rings is 2. The van der Waals surface area contributed by atoms with E-state index in [1.165, 1.54) is 66.4 Å². The van der Waals surface area contributed by atoms with E-state index in [0.717, 1.165) is 0 Å². The van der Waals surface area contributed by atoms with Gasteiger partial charge in [-0.1, -0.05) is 127 Å². The molecule has 1 unspecified atom stereocenters. The average Bonchev–Trinajstić information content (AvgIpc) is 3.03. The van der Waals surface area contributed by atoms with Crippen LogP contribution in [0, 0.1) is 28.2 Å². The minimum Gasteiger partial charge on any atom is -0.0622 e. The van der Waals surface area contributed by atoms with Crippen molar-refractivity contribution in [3.8, 4) is 11.1 Å². The molecular weight excluding hydrogens is 610 g/mol. The molecule has 7 rings (SSSR count). The van der Waals surface area contributed by atoms with Gasteiger partial charge in [0.15, 0.2) is 0 Å². The molecule has 1 nitrogen and oxygen atoms in total. The number of hydrogen-bond acceptors (Lipinski definition) is 0. The van der Waals surface area contributed by atoms with Crippen LogP contribution in [0.3, 0.4) is 0 Å². The average molecular weight is 663 g/mol. The number of allylic oxidation sites excluding steroid dienone is 4. The smallest absolute Gasteiger partial charge is 0.0622 e. The summed E-state index contributed by atoms with van der Waals surface area (Å²) in [6.07, 6.45) is 11.0. The van der Waals surface area contributed by atoms with Crippen LogP contribution in [0.25, 0.3) is 16.9 Å². The van der Waals surface area contributed by atoms with Crippen LogP contribution in [0.15, 0.2) is 77.4 Å². The van der Waals surface area contributed by atoms with Crippen LogP contribution in [-0.4, -0.2) is 21.0 Å². The molecule has 3 heteroatoms. The normalized spacial score (nSPS) is 33.4. The third kappa shape index (κ3) is 9.15. The van der Waals surface area contributed by atoms with E-state index >= 15 is 0 Å². The summed E-state index contributed by atoms with van der Waals surface area (Å²) in [5.41, 5.74) is 16.8. The quantitative estimate of drug-likeness (QED) is 0.214. The summed E-state index contributed by atoms with van der Waals surface area (Å²) in [7, 11) is 0. The molecular formula is C36H52GeNZr. The molecule has 4 bridgehead atoms. The van der Waals surface area contributed by atoms with Gasteiger partial charge in [-0.3, -0.25) is 6.08 Å². The van der Waals surface area contributed by atoms with E-state index in [-0.39, 0.29) is 31.7 Å². The Balaban J connectivity index is 0.000000197. The predicted molar refractivity (Wildman–Crippen MR) is 170 cm³/mol. The van der Waals surface area contributed by atoms with Gasteiger partial charge in [0, 0.05) is 0 Å². The van der Waals surface area contributed by atoms with Crippen molar-refractivity contribution in [1.82, 2.24) is 0 Å². The van der Waals surface area contributed by atoms with E-state index in [9.17, 15) is 0 Å². The zero-order valence-corrected chi connectivity index (χ0v) is 31.1. The maximum Gasteiger partial charge on any atom is 2.00 e. The zero-order valence-electron chi connectivity index (χ0n) is 26.2. The molecule has 2 aromatic rings. The van der Waals surface area contributed by atoms with Gasteiger partial charge in [-0.2, -0.15) is 11.1 Å². The van der Waals surface area contributed by atoms with E-state index in [0.29, 0.717) is 37.6 Å². The third-order valence-corrected chi connectivity index (χ3v) is 8.97. The second kappa shape index (κ2) is 14.0. The van der Waals surface area contributed by atoms with Crippen LogP contribution < -0.4 is 0 Å². The molecule has 0 aliphatic heterocycles. The van der Waals surface area contributed by atoms with Crippen LogP contribution in [0.1, 0.15) is 87.0 Å². The molecule has 5 aliphatic carbocycles. The van der Waals surface area contributed by atoms with Gasteiger partial charge in [0.05, 0.1) is 0 Å². The number of rotatable bonds is 1. The molecule has 1 radical (unpaired) electrons. The molecule has 0 heterocycles. The fourth-order valence-corrected chi connectivity index (χ4v) is 8.71. The van der Waals surface area contributed by atoms with Crippen molar-refractivity contribution in [2.75, 3.05) is 0 Å². The topological polar surface area (TPSA) is 23.8 Å². The molecule has 1 N–H and O–H groups in total. The fraction of sp³-hybridized carbons (Fsp3) is 0.556. The molecule has 4 saturated carbocycles. The molecule has 39 heavy (non-hydrogen) atoms. The van der Waals surface area contributed by atoms with Crippen LogP contribution in [0.4, 0.5) is 0 Å². The second-order valence-corrected chi connectivity index (χ2v) is 16.3. The maximum absolute atomic E-state index is 8.59. The van der Waals surface area contributed by atoms with Crippen molar-refractivity contribution in [2.45, 2.75) is 104 Å². The van der Waals surface area contributed by atoms with Gasteiger partial charge in [0.2, 0.25) is 0 Å². The van der Waals surface area contributed by atoms with Crippen LogP contribution in [0.5, 0.6) is 0 Å². The fourth-order valence-electron chi connectivity index (χ4n) is 8.71. The van der Waals surface area contributed by atoms with E-state index in [4.69, 9.17) is 5.73 Å². The van der Waals surface area contributed by atoms with Gasteiger partial charge in [-0.15, -0.1) is 12.5 Å². The van der Waals surface area contributed by atoms with Gasteiger partial charge >= 0.3 is 53.1 Å². The van der Waals surface area contributed by atoms with E-state index < -0.39 is 0 Å². The van der Waals surface area contributed by atoms with Crippen LogP contribution in [-0.2, 0) is 26.2 Å². The third-order valence-electron chi connectivity index (χ3n) is 8.97. The monoisotopic (exact) mass is 662 g/mol. The Bertz CT molecular complexity index is 986. The second-order valence-electron chi connectivity index (χ2n) is 13.9. The summed E-state index contributed by atoms with van der Waals surface area (Å²) in [5.74, 6) is 5.12. The number of nitrogens with one attached hydrogen (secondary N) is 1. The van der Waals surface area contributed by atoms with Crippen LogP contribution in [0.2, 0.25) is 11.5 Å². The summed E-state index contributed by atoms with van der Waals surface area (Å²) >= 11 is 0.312. The van der Waals surface area contributed by atoms with Crippen molar-refractivity contribution < 1.29 is 26.2 Å². The van der Waals surface area contributed by atoms with Crippen molar-refractivity contribution in [2.24, 2.45) is 22.2 Å². The molecule has 209 valence electrons. The summed E-state index contributed by atoms with van der Waals surface area (Å²) < 4.78 is 0. The van der Waals surface area contributed by atoms with Crippen molar-refractivity contribution in [3.63, 3.8) is 0 Å². The molecule has 2 aromatic carbocycles. The van der Waals surface area contributed by atoms with Crippen molar-refractivity contribution in [3.05, 3.63) is 89.2 Å². The Morgan fingerprint density at radius 3 is 1.23 bits per heavy atom. The van der Waals surface area contributed by atoms with E-state index in [2.05, 4.69) is 115 Å². The van der Waals surface area contributed by atoms with Gasteiger partial charge in [0.25, 0.3) is 0 Å². The maximum atomic E-state index is 8.59. The van der Waals surface area contributed by atoms with Gasteiger partial charge in [-0.25, -0.2) is 5.57 Å². The minimum atomic E-state index is -0.0625. The molecule has 0 spiro atoms. The number of hydrogen-bond donors (Lipinski definition) is 0.